The lowest BCUT2D eigenvalue weighted by atomic mass is 10.0. The van der Waals surface area contributed by atoms with Crippen molar-refractivity contribution in [3.05, 3.63) is 41.6 Å². The Balaban J connectivity index is 2.42. The second-order valence-corrected chi connectivity index (χ2v) is 4.94. The first-order chi connectivity index (χ1) is 9.52. The number of aromatic carboxylic acids is 1. The molecule has 2 rings (SSSR count). The Kier molecular flexibility index (Phi) is 4.20. The Labute approximate surface area is 117 Å². The summed E-state index contributed by atoms with van der Waals surface area (Å²) in [4.78, 5) is 11.0. The number of rotatable bonds is 5. The van der Waals surface area contributed by atoms with Crippen LogP contribution in [0, 0.1) is 0 Å². The summed E-state index contributed by atoms with van der Waals surface area (Å²) < 4.78 is 1.52. The first-order valence-electron chi connectivity index (χ1n) is 6.55. The maximum Gasteiger partial charge on any atom is 0.356 e. The molecule has 0 aliphatic rings. The van der Waals surface area contributed by atoms with E-state index in [4.69, 9.17) is 10.2 Å². The summed E-state index contributed by atoms with van der Waals surface area (Å²) in [7, 11) is 0. The molecule has 1 aromatic heterocycles. The zero-order valence-electron chi connectivity index (χ0n) is 11.6. The third-order valence-corrected chi connectivity index (χ3v) is 3.18. The van der Waals surface area contributed by atoms with Gasteiger partial charge in [0.2, 0.25) is 0 Å². The molecule has 0 unspecified atom stereocenters. The van der Waals surface area contributed by atoms with Crippen molar-refractivity contribution in [2.45, 2.75) is 26.3 Å². The second kappa shape index (κ2) is 5.88. The predicted octanol–water partition coefficient (Wildman–Crippen LogP) is 2.36. The maximum atomic E-state index is 11.0. The van der Waals surface area contributed by atoms with Crippen LogP contribution in [0.5, 0.6) is 0 Å². The van der Waals surface area contributed by atoms with E-state index in [1.807, 2.05) is 24.3 Å². The Morgan fingerprint density at radius 1 is 1.30 bits per heavy atom. The highest BCUT2D eigenvalue weighted by molar-refractivity contribution is 5.87. The van der Waals surface area contributed by atoms with Crippen LogP contribution in [-0.2, 0) is 6.54 Å². The molecule has 0 amide bonds. The van der Waals surface area contributed by atoms with Crippen molar-refractivity contribution >= 4 is 5.97 Å². The molecule has 5 heteroatoms. The van der Waals surface area contributed by atoms with Crippen molar-refractivity contribution in [2.75, 3.05) is 6.61 Å². The molecule has 0 saturated carbocycles. The van der Waals surface area contributed by atoms with Gasteiger partial charge >= 0.3 is 5.97 Å². The monoisotopic (exact) mass is 274 g/mol. The number of aromatic nitrogens is 2. The van der Waals surface area contributed by atoms with Crippen LogP contribution < -0.4 is 0 Å². The molecule has 0 atom stereocenters. The number of carboxylic acids is 1. The Morgan fingerprint density at radius 2 is 1.95 bits per heavy atom. The zero-order valence-corrected chi connectivity index (χ0v) is 11.6. The SMILES string of the molecule is CC(C)c1ccc(-c2cc(C(=O)O)nn2CCO)cc1. The van der Waals surface area contributed by atoms with Crippen LogP contribution in [0.4, 0.5) is 0 Å². The summed E-state index contributed by atoms with van der Waals surface area (Å²) in [6.07, 6.45) is 0. The van der Waals surface area contributed by atoms with Crippen molar-refractivity contribution in [1.82, 2.24) is 9.78 Å². The van der Waals surface area contributed by atoms with Gasteiger partial charge < -0.3 is 10.2 Å². The molecular formula is C15H18N2O3. The van der Waals surface area contributed by atoms with Gasteiger partial charge in [-0.2, -0.15) is 5.10 Å². The summed E-state index contributed by atoms with van der Waals surface area (Å²) in [5, 5.41) is 22.1. The van der Waals surface area contributed by atoms with Gasteiger partial charge in [0, 0.05) is 0 Å². The van der Waals surface area contributed by atoms with Gasteiger partial charge in [-0.3, -0.25) is 4.68 Å². The minimum absolute atomic E-state index is 0.0126. The lowest BCUT2D eigenvalue weighted by molar-refractivity contribution is 0.0689. The lowest BCUT2D eigenvalue weighted by Gasteiger charge is -2.08. The number of aliphatic hydroxyl groups is 1. The van der Waals surface area contributed by atoms with Gasteiger partial charge in [0.05, 0.1) is 18.8 Å². The van der Waals surface area contributed by atoms with Gasteiger partial charge in [-0.25, -0.2) is 4.79 Å². The summed E-state index contributed by atoms with van der Waals surface area (Å²) in [5.41, 5.74) is 2.80. The molecule has 0 spiro atoms. The number of hydrogen-bond acceptors (Lipinski definition) is 3. The average Bonchev–Trinajstić information content (AvgIpc) is 2.83. The van der Waals surface area contributed by atoms with Crippen molar-refractivity contribution in [2.24, 2.45) is 0 Å². The Morgan fingerprint density at radius 3 is 2.45 bits per heavy atom. The molecule has 5 nitrogen and oxygen atoms in total. The van der Waals surface area contributed by atoms with Gasteiger partial charge in [0.1, 0.15) is 0 Å². The fraction of sp³-hybridized carbons (Fsp3) is 0.333. The van der Waals surface area contributed by atoms with E-state index in [0.29, 0.717) is 11.6 Å². The molecule has 0 radical (unpaired) electrons. The summed E-state index contributed by atoms with van der Waals surface area (Å²) >= 11 is 0. The van der Waals surface area contributed by atoms with Crippen LogP contribution in [-0.4, -0.2) is 32.6 Å². The molecule has 2 aromatic rings. The quantitative estimate of drug-likeness (QED) is 0.877. The number of aliphatic hydroxyl groups excluding tert-OH is 1. The molecule has 20 heavy (non-hydrogen) atoms. The molecular weight excluding hydrogens is 256 g/mol. The van der Waals surface area contributed by atoms with Crippen LogP contribution in [0.2, 0.25) is 0 Å². The molecule has 1 aromatic carbocycles. The largest absolute Gasteiger partial charge is 0.476 e. The molecule has 106 valence electrons. The summed E-state index contributed by atoms with van der Waals surface area (Å²) in [6.45, 7) is 4.42. The van der Waals surface area contributed by atoms with Crippen LogP contribution in [0.15, 0.2) is 30.3 Å². The minimum Gasteiger partial charge on any atom is -0.476 e. The second-order valence-electron chi connectivity index (χ2n) is 4.94. The van der Waals surface area contributed by atoms with Crippen molar-refractivity contribution in [3.63, 3.8) is 0 Å². The standard InChI is InChI=1S/C15H18N2O3/c1-10(2)11-3-5-12(6-4-11)14-9-13(15(19)20)16-17(14)7-8-18/h3-6,9-10,18H,7-8H2,1-2H3,(H,19,20). The van der Waals surface area contributed by atoms with Crippen molar-refractivity contribution in [3.8, 4) is 11.3 Å². The van der Waals surface area contributed by atoms with E-state index in [-0.39, 0.29) is 18.8 Å². The van der Waals surface area contributed by atoms with Crippen molar-refractivity contribution in [1.29, 1.82) is 0 Å². The fourth-order valence-electron chi connectivity index (χ4n) is 2.06. The van der Waals surface area contributed by atoms with E-state index in [1.54, 1.807) is 0 Å². The van der Waals surface area contributed by atoms with E-state index in [0.717, 1.165) is 5.56 Å². The van der Waals surface area contributed by atoms with Crippen LogP contribution in [0.25, 0.3) is 11.3 Å². The lowest BCUT2D eigenvalue weighted by Crippen LogP contribution is -2.07. The number of nitrogens with zero attached hydrogens (tertiary/aromatic N) is 2. The number of benzene rings is 1. The van der Waals surface area contributed by atoms with Gasteiger partial charge in [0.25, 0.3) is 0 Å². The predicted molar refractivity (Wildman–Crippen MR) is 75.8 cm³/mol. The smallest absolute Gasteiger partial charge is 0.356 e. The molecule has 1 heterocycles. The highest BCUT2D eigenvalue weighted by atomic mass is 16.4. The van der Waals surface area contributed by atoms with E-state index in [9.17, 15) is 4.79 Å². The topological polar surface area (TPSA) is 75.3 Å². The van der Waals surface area contributed by atoms with Gasteiger partial charge in [0.15, 0.2) is 5.69 Å². The third-order valence-electron chi connectivity index (χ3n) is 3.18. The Hall–Kier alpha value is -2.14. The molecule has 2 N–H and O–H groups in total. The van der Waals surface area contributed by atoms with E-state index >= 15 is 0 Å². The number of carboxylic acid groups (broad SMARTS) is 1. The zero-order chi connectivity index (χ0) is 14.7. The number of carbonyl (C=O) groups is 1. The summed E-state index contributed by atoms with van der Waals surface area (Å²) in [5.74, 6) is -0.622. The van der Waals surface area contributed by atoms with Crippen LogP contribution in [0.3, 0.4) is 0 Å². The van der Waals surface area contributed by atoms with Crippen LogP contribution >= 0.6 is 0 Å². The highest BCUT2D eigenvalue weighted by Gasteiger charge is 2.14. The molecule has 0 saturated heterocycles. The average molecular weight is 274 g/mol. The van der Waals surface area contributed by atoms with Gasteiger partial charge in [-0.05, 0) is 23.1 Å². The molecule has 0 aliphatic heterocycles. The molecule has 0 fully saturated rings. The van der Waals surface area contributed by atoms with E-state index in [1.165, 1.54) is 16.3 Å². The normalized spacial score (nSPS) is 11.0. The third kappa shape index (κ3) is 2.88. The first-order valence-corrected chi connectivity index (χ1v) is 6.55. The maximum absolute atomic E-state index is 11.0. The molecule has 0 bridgehead atoms. The molecule has 0 aliphatic carbocycles. The van der Waals surface area contributed by atoms with Crippen molar-refractivity contribution < 1.29 is 15.0 Å². The minimum atomic E-state index is -1.07. The first kappa shape index (κ1) is 14.3. The summed E-state index contributed by atoms with van der Waals surface area (Å²) in [6, 6.07) is 9.48. The van der Waals surface area contributed by atoms with E-state index in [2.05, 4.69) is 18.9 Å². The van der Waals surface area contributed by atoms with E-state index < -0.39 is 5.97 Å². The highest BCUT2D eigenvalue weighted by Crippen LogP contribution is 2.23. The van der Waals surface area contributed by atoms with Gasteiger partial charge in [-0.1, -0.05) is 38.1 Å². The Bertz CT molecular complexity index is 600. The fourth-order valence-corrected chi connectivity index (χ4v) is 2.06. The van der Waals surface area contributed by atoms with Gasteiger partial charge in [-0.15, -0.1) is 0 Å². The number of hydrogen-bond donors (Lipinski definition) is 2. The van der Waals surface area contributed by atoms with Crippen LogP contribution in [0.1, 0.15) is 35.8 Å².